The predicted molar refractivity (Wildman–Crippen MR) is 113 cm³/mol. The van der Waals surface area contributed by atoms with Crippen LogP contribution in [-0.2, 0) is 10.5 Å². The van der Waals surface area contributed by atoms with Crippen molar-refractivity contribution in [3.05, 3.63) is 77.0 Å². The van der Waals surface area contributed by atoms with Gasteiger partial charge in [0.05, 0.1) is 12.7 Å². The van der Waals surface area contributed by atoms with E-state index >= 15 is 0 Å². The van der Waals surface area contributed by atoms with E-state index in [1.807, 2.05) is 49.4 Å². The Morgan fingerprint density at radius 3 is 2.59 bits per heavy atom. The number of nitrogens with zero attached hydrogens (tertiary/aromatic N) is 3. The van der Waals surface area contributed by atoms with Crippen LogP contribution in [0.15, 0.2) is 71.0 Å². The van der Waals surface area contributed by atoms with E-state index in [1.165, 1.54) is 5.56 Å². The molecule has 8 heteroatoms. The number of nitrogens with one attached hydrogen (secondary N) is 1. The van der Waals surface area contributed by atoms with Crippen LogP contribution in [0.1, 0.15) is 24.1 Å². The third-order valence-electron chi connectivity index (χ3n) is 4.74. The number of carbonyl (C=O) groups is 1. The molecule has 1 aromatic heterocycles. The Hall–Kier alpha value is -3.26. The van der Waals surface area contributed by atoms with Crippen LogP contribution in [0.3, 0.4) is 0 Å². The van der Waals surface area contributed by atoms with E-state index in [9.17, 15) is 4.79 Å². The number of aromatic nitrogens is 3. The summed E-state index contributed by atoms with van der Waals surface area (Å²) >= 11 is 1.54. The number of primary amides is 1. The number of anilines is 1. The Bertz CT molecular complexity index is 1060. The molecule has 4 rings (SSSR count). The monoisotopic (exact) mass is 407 g/mol. The molecule has 29 heavy (non-hydrogen) atoms. The number of nitrogens with two attached hydrogens (primary N) is 1. The van der Waals surface area contributed by atoms with Gasteiger partial charge in [0, 0.05) is 11.4 Å². The number of methoxy groups -OCH3 is 1. The SMILES string of the molecule is COc1ccc([C@@H]2C(C(N)=O)=C(C)Nc3nc(SCc4ccccc4)nn32)cc1. The lowest BCUT2D eigenvalue weighted by Gasteiger charge is -2.27. The van der Waals surface area contributed by atoms with Gasteiger partial charge in [0.15, 0.2) is 0 Å². The van der Waals surface area contributed by atoms with E-state index in [0.29, 0.717) is 22.4 Å². The number of thioether (sulfide) groups is 1. The highest BCUT2D eigenvalue weighted by atomic mass is 32.2. The van der Waals surface area contributed by atoms with Crippen LogP contribution < -0.4 is 15.8 Å². The number of allylic oxidation sites excluding steroid dienone is 1. The van der Waals surface area contributed by atoms with Gasteiger partial charge in [0.25, 0.3) is 0 Å². The molecule has 1 atom stereocenters. The highest BCUT2D eigenvalue weighted by Gasteiger charge is 2.33. The van der Waals surface area contributed by atoms with Crippen molar-refractivity contribution in [1.29, 1.82) is 0 Å². The summed E-state index contributed by atoms with van der Waals surface area (Å²) in [7, 11) is 1.62. The molecule has 0 fully saturated rings. The largest absolute Gasteiger partial charge is 0.497 e. The fourth-order valence-corrected chi connectivity index (χ4v) is 4.11. The van der Waals surface area contributed by atoms with Gasteiger partial charge in [-0.05, 0) is 30.2 Å². The molecular weight excluding hydrogens is 386 g/mol. The molecule has 0 radical (unpaired) electrons. The number of benzene rings is 2. The average Bonchev–Trinajstić information content (AvgIpc) is 3.14. The zero-order valence-corrected chi connectivity index (χ0v) is 16.9. The van der Waals surface area contributed by atoms with E-state index in [-0.39, 0.29) is 0 Å². The zero-order valence-electron chi connectivity index (χ0n) is 16.1. The molecule has 7 nitrogen and oxygen atoms in total. The molecule has 148 valence electrons. The fourth-order valence-electron chi connectivity index (χ4n) is 3.33. The lowest BCUT2D eigenvalue weighted by Crippen LogP contribution is -2.31. The number of carbonyl (C=O) groups excluding carboxylic acids is 1. The number of rotatable bonds is 6. The third-order valence-corrected chi connectivity index (χ3v) is 5.65. The zero-order chi connectivity index (χ0) is 20.4. The lowest BCUT2D eigenvalue weighted by atomic mass is 9.95. The van der Waals surface area contributed by atoms with Crippen LogP contribution in [0, 0.1) is 0 Å². The van der Waals surface area contributed by atoms with Gasteiger partial charge in [-0.15, -0.1) is 5.10 Å². The number of hydrogen-bond donors (Lipinski definition) is 2. The maximum atomic E-state index is 12.2. The lowest BCUT2D eigenvalue weighted by molar-refractivity contribution is -0.115. The van der Waals surface area contributed by atoms with Crippen LogP contribution in [0.5, 0.6) is 5.75 Å². The minimum Gasteiger partial charge on any atom is -0.497 e. The van der Waals surface area contributed by atoms with Crippen LogP contribution >= 0.6 is 11.8 Å². The van der Waals surface area contributed by atoms with Crippen molar-refractivity contribution < 1.29 is 9.53 Å². The summed E-state index contributed by atoms with van der Waals surface area (Å²) in [5, 5.41) is 8.46. The molecule has 0 saturated heterocycles. The van der Waals surface area contributed by atoms with Crippen molar-refractivity contribution in [2.24, 2.45) is 5.73 Å². The Kier molecular flexibility index (Phi) is 5.26. The van der Waals surface area contributed by atoms with E-state index in [0.717, 1.165) is 17.1 Å². The highest BCUT2D eigenvalue weighted by Crippen LogP contribution is 2.36. The Balaban J connectivity index is 1.69. The molecular formula is C21H21N5O2S. The van der Waals surface area contributed by atoms with Gasteiger partial charge in [0.2, 0.25) is 17.0 Å². The first kappa shape index (κ1) is 19.1. The molecule has 0 spiro atoms. The summed E-state index contributed by atoms with van der Waals surface area (Å²) < 4.78 is 6.97. The molecule has 1 amide bonds. The van der Waals surface area contributed by atoms with Crippen molar-refractivity contribution in [2.45, 2.75) is 23.9 Å². The quantitative estimate of drug-likeness (QED) is 0.609. The van der Waals surface area contributed by atoms with Crippen molar-refractivity contribution in [2.75, 3.05) is 12.4 Å². The van der Waals surface area contributed by atoms with Gasteiger partial charge in [-0.2, -0.15) is 4.98 Å². The summed E-state index contributed by atoms with van der Waals surface area (Å²) in [6.45, 7) is 1.82. The number of hydrogen-bond acceptors (Lipinski definition) is 6. The molecule has 1 aliphatic rings. The molecule has 0 bridgehead atoms. The number of fused-ring (bicyclic) bond motifs is 1. The van der Waals surface area contributed by atoms with Gasteiger partial charge in [-0.25, -0.2) is 4.68 Å². The maximum Gasteiger partial charge on any atom is 0.248 e. The van der Waals surface area contributed by atoms with Crippen molar-refractivity contribution in [3.8, 4) is 5.75 Å². The summed E-state index contributed by atoms with van der Waals surface area (Å²) in [4.78, 5) is 16.8. The van der Waals surface area contributed by atoms with Gasteiger partial charge < -0.3 is 15.8 Å². The molecule has 1 aliphatic heterocycles. The van der Waals surface area contributed by atoms with Gasteiger partial charge in [-0.1, -0.05) is 54.2 Å². The van der Waals surface area contributed by atoms with Gasteiger partial charge in [-0.3, -0.25) is 4.79 Å². The molecule has 3 N–H and O–H groups in total. The first-order chi connectivity index (χ1) is 14.1. The van der Waals surface area contributed by atoms with Crippen molar-refractivity contribution in [3.63, 3.8) is 0 Å². The molecule has 0 aliphatic carbocycles. The first-order valence-corrected chi connectivity index (χ1v) is 10.1. The molecule has 2 heterocycles. The second-order valence-corrected chi connectivity index (χ2v) is 7.58. The fraction of sp³-hybridized carbons (Fsp3) is 0.190. The highest BCUT2D eigenvalue weighted by molar-refractivity contribution is 7.98. The second-order valence-electron chi connectivity index (χ2n) is 6.64. The minimum absolute atomic E-state index is 0.451. The average molecular weight is 407 g/mol. The van der Waals surface area contributed by atoms with E-state index < -0.39 is 11.9 Å². The third kappa shape index (κ3) is 3.84. The first-order valence-electron chi connectivity index (χ1n) is 9.11. The van der Waals surface area contributed by atoms with Crippen LogP contribution in [0.25, 0.3) is 0 Å². The van der Waals surface area contributed by atoms with Crippen LogP contribution in [-0.4, -0.2) is 27.8 Å². The standard InChI is InChI=1S/C21H21N5O2S/c1-13-17(19(22)27)18(15-8-10-16(28-2)11-9-15)26-20(23-13)24-21(25-26)29-12-14-6-4-3-5-7-14/h3-11,18H,12H2,1-2H3,(H2,22,27)(H,23,24,25)/t18-/m1/s1. The van der Waals surface area contributed by atoms with E-state index in [2.05, 4.69) is 27.5 Å². The second kappa shape index (κ2) is 8.00. The van der Waals surface area contributed by atoms with Crippen LogP contribution in [0.2, 0.25) is 0 Å². The summed E-state index contributed by atoms with van der Waals surface area (Å²) in [5.74, 6) is 1.59. The Morgan fingerprint density at radius 1 is 1.21 bits per heavy atom. The Morgan fingerprint density at radius 2 is 1.93 bits per heavy atom. The molecule has 0 unspecified atom stereocenters. The smallest absolute Gasteiger partial charge is 0.248 e. The van der Waals surface area contributed by atoms with Crippen LogP contribution in [0.4, 0.5) is 5.95 Å². The molecule has 0 saturated carbocycles. The minimum atomic E-state index is -0.490. The van der Waals surface area contributed by atoms with Crippen molar-refractivity contribution in [1.82, 2.24) is 14.8 Å². The van der Waals surface area contributed by atoms with E-state index in [4.69, 9.17) is 10.5 Å². The van der Waals surface area contributed by atoms with Gasteiger partial charge >= 0.3 is 0 Å². The number of amides is 1. The summed E-state index contributed by atoms with van der Waals surface area (Å²) in [6.07, 6.45) is 0. The topological polar surface area (TPSA) is 95.1 Å². The summed E-state index contributed by atoms with van der Waals surface area (Å²) in [6, 6.07) is 17.2. The molecule has 3 aromatic rings. The van der Waals surface area contributed by atoms with Gasteiger partial charge in [0.1, 0.15) is 11.8 Å². The molecule has 2 aromatic carbocycles. The summed E-state index contributed by atoms with van der Waals surface area (Å²) in [5.41, 5.74) is 8.93. The maximum absolute atomic E-state index is 12.2. The predicted octanol–water partition coefficient (Wildman–Crippen LogP) is 3.35. The number of ether oxygens (including phenoxy) is 1. The van der Waals surface area contributed by atoms with Crippen molar-refractivity contribution >= 4 is 23.6 Å². The Labute approximate surface area is 173 Å². The van der Waals surface area contributed by atoms with E-state index in [1.54, 1.807) is 23.6 Å². The normalized spacial score (nSPS) is 15.6.